The standard InChI is InChI=1S/C21H31N3O3/c1-5-7-12-24-14-16(13-18(24)25)19(26)22-17-10-8-15(9-11-17)20(27)23-21(3,4)6-2/h8-11,16H,5-7,12-14H2,1-4H3,(H,22,26)(H,23,27). The summed E-state index contributed by atoms with van der Waals surface area (Å²) in [6, 6.07) is 6.84. The van der Waals surface area contributed by atoms with Gasteiger partial charge in [0, 0.05) is 36.3 Å². The number of unbranched alkanes of at least 4 members (excludes halogenated alkanes) is 1. The number of carbonyl (C=O) groups excluding carboxylic acids is 3. The topological polar surface area (TPSA) is 78.5 Å². The number of hydrogen-bond donors (Lipinski definition) is 2. The Hall–Kier alpha value is -2.37. The van der Waals surface area contributed by atoms with Crippen molar-refractivity contribution in [3.8, 4) is 0 Å². The molecule has 1 heterocycles. The number of nitrogens with one attached hydrogen (secondary N) is 2. The average Bonchev–Trinajstić information content (AvgIpc) is 3.01. The highest BCUT2D eigenvalue weighted by Crippen LogP contribution is 2.21. The zero-order valence-electron chi connectivity index (χ0n) is 16.8. The molecule has 0 spiro atoms. The molecule has 0 bridgehead atoms. The second kappa shape index (κ2) is 9.02. The van der Waals surface area contributed by atoms with Crippen LogP contribution in [0.1, 0.15) is 63.7 Å². The summed E-state index contributed by atoms with van der Waals surface area (Å²) >= 11 is 0. The van der Waals surface area contributed by atoms with Gasteiger partial charge in [-0.05, 0) is 51.0 Å². The van der Waals surface area contributed by atoms with Crippen molar-refractivity contribution in [3.63, 3.8) is 0 Å². The maximum absolute atomic E-state index is 12.5. The summed E-state index contributed by atoms with van der Waals surface area (Å²) in [4.78, 5) is 38.5. The summed E-state index contributed by atoms with van der Waals surface area (Å²) in [5.41, 5.74) is 0.921. The van der Waals surface area contributed by atoms with Gasteiger partial charge in [0.2, 0.25) is 11.8 Å². The predicted molar refractivity (Wildman–Crippen MR) is 107 cm³/mol. The van der Waals surface area contributed by atoms with Crippen molar-refractivity contribution < 1.29 is 14.4 Å². The molecule has 0 aromatic heterocycles. The Morgan fingerprint density at radius 1 is 1.19 bits per heavy atom. The summed E-state index contributed by atoms with van der Waals surface area (Å²) in [5.74, 6) is -0.545. The lowest BCUT2D eigenvalue weighted by atomic mass is 10.0. The van der Waals surface area contributed by atoms with E-state index < -0.39 is 0 Å². The molecule has 1 aromatic rings. The normalized spacial score (nSPS) is 17.1. The molecule has 0 saturated carbocycles. The van der Waals surface area contributed by atoms with Gasteiger partial charge in [-0.1, -0.05) is 20.3 Å². The van der Waals surface area contributed by atoms with Crippen LogP contribution in [-0.4, -0.2) is 41.2 Å². The summed E-state index contributed by atoms with van der Waals surface area (Å²) in [5, 5.41) is 5.84. The lowest BCUT2D eigenvalue weighted by Gasteiger charge is -2.24. The van der Waals surface area contributed by atoms with Crippen LogP contribution in [0.15, 0.2) is 24.3 Å². The maximum atomic E-state index is 12.5. The van der Waals surface area contributed by atoms with E-state index in [-0.39, 0.29) is 35.6 Å². The zero-order valence-corrected chi connectivity index (χ0v) is 16.8. The number of amides is 3. The fourth-order valence-corrected chi connectivity index (χ4v) is 2.93. The summed E-state index contributed by atoms with van der Waals surface area (Å²) in [6.45, 7) is 9.26. The van der Waals surface area contributed by atoms with Gasteiger partial charge < -0.3 is 15.5 Å². The van der Waals surface area contributed by atoms with Crippen molar-refractivity contribution in [2.45, 2.75) is 58.9 Å². The van der Waals surface area contributed by atoms with Crippen molar-refractivity contribution in [1.82, 2.24) is 10.2 Å². The van der Waals surface area contributed by atoms with Crippen LogP contribution in [0.4, 0.5) is 5.69 Å². The van der Waals surface area contributed by atoms with Gasteiger partial charge in [0.25, 0.3) is 5.91 Å². The molecule has 148 valence electrons. The lowest BCUT2D eigenvalue weighted by Crippen LogP contribution is -2.42. The second-order valence-corrected chi connectivity index (χ2v) is 7.85. The van der Waals surface area contributed by atoms with Crippen molar-refractivity contribution >= 4 is 23.4 Å². The molecule has 1 saturated heterocycles. The molecule has 1 aliphatic rings. The summed E-state index contributed by atoms with van der Waals surface area (Å²) in [6.07, 6.45) is 3.08. The minimum absolute atomic E-state index is 0.0501. The first-order valence-electron chi connectivity index (χ1n) is 9.77. The first-order valence-corrected chi connectivity index (χ1v) is 9.77. The average molecular weight is 373 g/mol. The number of anilines is 1. The molecule has 0 radical (unpaired) electrons. The van der Waals surface area contributed by atoms with Gasteiger partial charge in [0.1, 0.15) is 0 Å². The fraction of sp³-hybridized carbons (Fsp3) is 0.571. The van der Waals surface area contributed by atoms with Gasteiger partial charge in [-0.2, -0.15) is 0 Å². The van der Waals surface area contributed by atoms with Gasteiger partial charge in [-0.3, -0.25) is 14.4 Å². The SMILES string of the molecule is CCCCN1CC(C(=O)Nc2ccc(C(=O)NC(C)(C)CC)cc2)CC1=O. The van der Waals surface area contributed by atoms with Crippen LogP contribution in [0, 0.1) is 5.92 Å². The number of likely N-dealkylation sites (tertiary alicyclic amines) is 1. The molecule has 3 amide bonds. The Balaban J connectivity index is 1.92. The molecule has 2 N–H and O–H groups in total. The van der Waals surface area contributed by atoms with E-state index in [0.717, 1.165) is 25.8 Å². The van der Waals surface area contributed by atoms with Gasteiger partial charge >= 0.3 is 0 Å². The van der Waals surface area contributed by atoms with Gasteiger partial charge in [-0.15, -0.1) is 0 Å². The Kier molecular flexibility index (Phi) is 6.99. The van der Waals surface area contributed by atoms with E-state index in [1.807, 2.05) is 20.8 Å². The van der Waals surface area contributed by atoms with Crippen molar-refractivity contribution in [1.29, 1.82) is 0 Å². The molecule has 27 heavy (non-hydrogen) atoms. The highest BCUT2D eigenvalue weighted by atomic mass is 16.2. The Bertz CT molecular complexity index is 682. The molecule has 6 heteroatoms. The van der Waals surface area contributed by atoms with E-state index in [1.54, 1.807) is 29.2 Å². The van der Waals surface area contributed by atoms with E-state index >= 15 is 0 Å². The van der Waals surface area contributed by atoms with E-state index in [1.165, 1.54) is 0 Å². The largest absolute Gasteiger partial charge is 0.347 e. The van der Waals surface area contributed by atoms with Gasteiger partial charge in [0.05, 0.1) is 5.92 Å². The molecule has 2 rings (SSSR count). The molecule has 1 atom stereocenters. The quantitative estimate of drug-likeness (QED) is 0.734. The number of nitrogens with zero attached hydrogens (tertiary/aromatic N) is 1. The third-order valence-corrected chi connectivity index (χ3v) is 5.12. The smallest absolute Gasteiger partial charge is 0.251 e. The minimum atomic E-state index is -0.317. The van der Waals surface area contributed by atoms with Crippen LogP contribution >= 0.6 is 0 Å². The second-order valence-electron chi connectivity index (χ2n) is 7.85. The van der Waals surface area contributed by atoms with Crippen LogP contribution in [0.2, 0.25) is 0 Å². The minimum Gasteiger partial charge on any atom is -0.347 e. The third-order valence-electron chi connectivity index (χ3n) is 5.12. The van der Waals surface area contributed by atoms with Crippen LogP contribution in [0.5, 0.6) is 0 Å². The van der Waals surface area contributed by atoms with Crippen LogP contribution in [0.25, 0.3) is 0 Å². The highest BCUT2D eigenvalue weighted by Gasteiger charge is 2.33. The fourth-order valence-electron chi connectivity index (χ4n) is 2.93. The Labute approximate surface area is 161 Å². The van der Waals surface area contributed by atoms with E-state index in [0.29, 0.717) is 17.8 Å². The van der Waals surface area contributed by atoms with Crippen molar-refractivity contribution in [2.75, 3.05) is 18.4 Å². The summed E-state index contributed by atoms with van der Waals surface area (Å²) < 4.78 is 0. The summed E-state index contributed by atoms with van der Waals surface area (Å²) in [7, 11) is 0. The number of carbonyl (C=O) groups is 3. The molecule has 1 aromatic carbocycles. The Morgan fingerprint density at radius 3 is 2.44 bits per heavy atom. The molecule has 6 nitrogen and oxygen atoms in total. The number of rotatable bonds is 8. The molecular weight excluding hydrogens is 342 g/mol. The lowest BCUT2D eigenvalue weighted by molar-refractivity contribution is -0.128. The Morgan fingerprint density at radius 2 is 1.85 bits per heavy atom. The van der Waals surface area contributed by atoms with Gasteiger partial charge in [0.15, 0.2) is 0 Å². The van der Waals surface area contributed by atoms with Crippen LogP contribution in [0.3, 0.4) is 0 Å². The molecule has 1 unspecified atom stereocenters. The highest BCUT2D eigenvalue weighted by molar-refractivity contribution is 5.98. The van der Waals surface area contributed by atoms with Crippen molar-refractivity contribution in [3.05, 3.63) is 29.8 Å². The number of hydrogen-bond acceptors (Lipinski definition) is 3. The first kappa shape index (κ1) is 20.9. The van der Waals surface area contributed by atoms with Crippen LogP contribution in [-0.2, 0) is 9.59 Å². The van der Waals surface area contributed by atoms with E-state index in [4.69, 9.17) is 0 Å². The molecule has 1 fully saturated rings. The van der Waals surface area contributed by atoms with E-state index in [9.17, 15) is 14.4 Å². The molecule has 1 aliphatic heterocycles. The molecular formula is C21H31N3O3. The molecule has 0 aliphatic carbocycles. The zero-order chi connectivity index (χ0) is 20.0. The third kappa shape index (κ3) is 5.81. The van der Waals surface area contributed by atoms with Gasteiger partial charge in [-0.25, -0.2) is 0 Å². The predicted octanol–water partition coefficient (Wildman–Crippen LogP) is 3.19. The first-order chi connectivity index (χ1) is 12.8. The van der Waals surface area contributed by atoms with Crippen LogP contribution < -0.4 is 10.6 Å². The number of benzene rings is 1. The van der Waals surface area contributed by atoms with E-state index in [2.05, 4.69) is 17.6 Å². The van der Waals surface area contributed by atoms with Crippen molar-refractivity contribution in [2.24, 2.45) is 5.92 Å². The monoisotopic (exact) mass is 373 g/mol. The maximum Gasteiger partial charge on any atom is 0.251 e.